The lowest BCUT2D eigenvalue weighted by Gasteiger charge is -2.15. The Kier molecular flexibility index (Phi) is 6.15. The molecule has 0 fully saturated rings. The average Bonchev–Trinajstić information content (AvgIpc) is 2.54. The van der Waals surface area contributed by atoms with Crippen molar-refractivity contribution >= 4 is 40.8 Å². The van der Waals surface area contributed by atoms with Crippen molar-refractivity contribution in [2.75, 3.05) is 5.32 Å². The highest BCUT2D eigenvalue weighted by molar-refractivity contribution is 6.39. The number of rotatable bonds is 4. The topological polar surface area (TPSA) is 55.4 Å². The lowest BCUT2D eigenvalue weighted by Crippen LogP contribution is -2.30. The first kappa shape index (κ1) is 20.1. The summed E-state index contributed by atoms with van der Waals surface area (Å²) >= 11 is 11.8. The lowest BCUT2D eigenvalue weighted by molar-refractivity contribution is -0.137. The highest BCUT2D eigenvalue weighted by Crippen LogP contribution is 2.30. The van der Waals surface area contributed by atoms with Gasteiger partial charge < -0.3 is 10.1 Å². The van der Waals surface area contributed by atoms with Crippen molar-refractivity contribution in [1.29, 1.82) is 0 Å². The van der Waals surface area contributed by atoms with Gasteiger partial charge in [0, 0.05) is 5.69 Å². The van der Waals surface area contributed by atoms with E-state index in [1.807, 2.05) is 0 Å². The molecule has 1 unspecified atom stereocenters. The second-order valence-electron chi connectivity index (χ2n) is 5.21. The van der Waals surface area contributed by atoms with Gasteiger partial charge in [0.1, 0.15) is 0 Å². The van der Waals surface area contributed by atoms with Crippen molar-refractivity contribution in [3.8, 4) is 0 Å². The third-order valence-corrected chi connectivity index (χ3v) is 3.91. The summed E-state index contributed by atoms with van der Waals surface area (Å²) < 4.78 is 43.1. The van der Waals surface area contributed by atoms with E-state index in [1.54, 1.807) is 0 Å². The molecular weight excluding hydrogens is 394 g/mol. The van der Waals surface area contributed by atoms with Crippen LogP contribution in [-0.4, -0.2) is 18.0 Å². The first-order valence-corrected chi connectivity index (χ1v) is 7.98. The van der Waals surface area contributed by atoms with Crippen molar-refractivity contribution < 1.29 is 27.5 Å². The number of alkyl halides is 3. The number of benzene rings is 2. The van der Waals surface area contributed by atoms with Gasteiger partial charge in [0.05, 0.1) is 21.2 Å². The number of ether oxygens (including phenoxy) is 1. The number of carbonyl (C=O) groups is 2. The fourth-order valence-corrected chi connectivity index (χ4v) is 2.53. The SMILES string of the molecule is CC(OC(=O)c1c(Cl)cccc1Cl)C(=O)Nc1cccc(C(F)(F)F)c1. The molecule has 0 aromatic heterocycles. The quantitative estimate of drug-likeness (QED) is 0.711. The number of nitrogens with one attached hydrogen (secondary N) is 1. The van der Waals surface area contributed by atoms with Crippen molar-refractivity contribution in [1.82, 2.24) is 0 Å². The number of carbonyl (C=O) groups excluding carboxylic acids is 2. The van der Waals surface area contributed by atoms with Crippen molar-refractivity contribution in [2.45, 2.75) is 19.2 Å². The molecule has 0 heterocycles. The zero-order valence-corrected chi connectivity index (χ0v) is 14.7. The highest BCUT2D eigenvalue weighted by atomic mass is 35.5. The molecule has 1 N–H and O–H groups in total. The maximum Gasteiger partial charge on any atom is 0.416 e. The van der Waals surface area contributed by atoms with Gasteiger partial charge in [-0.1, -0.05) is 35.3 Å². The van der Waals surface area contributed by atoms with Gasteiger partial charge in [-0.15, -0.1) is 0 Å². The Bertz CT molecular complexity index is 820. The van der Waals surface area contributed by atoms with Gasteiger partial charge in [-0.25, -0.2) is 4.79 Å². The standard InChI is InChI=1S/C17H12Cl2F3NO3/c1-9(26-16(25)14-12(18)6-3-7-13(14)19)15(24)23-11-5-2-4-10(8-11)17(20,21)22/h2-9H,1H3,(H,23,24). The Hall–Kier alpha value is -2.25. The van der Waals surface area contributed by atoms with Crippen LogP contribution >= 0.6 is 23.2 Å². The maximum atomic E-state index is 12.7. The van der Waals surface area contributed by atoms with Gasteiger partial charge in [0.2, 0.25) is 0 Å². The van der Waals surface area contributed by atoms with E-state index in [-0.39, 0.29) is 21.3 Å². The first-order valence-electron chi connectivity index (χ1n) is 7.22. The third kappa shape index (κ3) is 4.89. The molecule has 2 aromatic carbocycles. The Balaban J connectivity index is 2.07. The molecule has 2 aromatic rings. The molecule has 0 radical (unpaired) electrons. The third-order valence-electron chi connectivity index (χ3n) is 3.28. The molecule has 2 rings (SSSR count). The molecule has 9 heteroatoms. The van der Waals surface area contributed by atoms with E-state index in [0.717, 1.165) is 18.2 Å². The predicted molar refractivity (Wildman–Crippen MR) is 91.4 cm³/mol. The van der Waals surface area contributed by atoms with E-state index < -0.39 is 29.7 Å². The fourth-order valence-electron chi connectivity index (χ4n) is 1.98. The molecule has 0 bridgehead atoms. The molecule has 1 atom stereocenters. The van der Waals surface area contributed by atoms with Crippen LogP contribution in [0.5, 0.6) is 0 Å². The predicted octanol–water partition coefficient (Wildman–Crippen LogP) is 5.20. The molecule has 26 heavy (non-hydrogen) atoms. The van der Waals surface area contributed by atoms with Crippen LogP contribution in [0, 0.1) is 0 Å². The summed E-state index contributed by atoms with van der Waals surface area (Å²) in [5.41, 5.74) is -1.10. The minimum atomic E-state index is -4.54. The Labute approximate surface area is 156 Å². The molecule has 0 aliphatic carbocycles. The summed E-state index contributed by atoms with van der Waals surface area (Å²) in [6.45, 7) is 1.27. The number of esters is 1. The molecule has 0 saturated heterocycles. The Morgan fingerprint density at radius 1 is 1.08 bits per heavy atom. The normalized spacial score (nSPS) is 12.4. The monoisotopic (exact) mass is 405 g/mol. The summed E-state index contributed by atoms with van der Waals surface area (Å²) in [6, 6.07) is 8.47. The van der Waals surface area contributed by atoms with Crippen LogP contribution < -0.4 is 5.32 Å². The minimum absolute atomic E-state index is 0.0491. The zero-order chi connectivity index (χ0) is 19.5. The smallest absolute Gasteiger partial charge is 0.416 e. The van der Waals surface area contributed by atoms with E-state index in [1.165, 1.54) is 31.2 Å². The summed E-state index contributed by atoms with van der Waals surface area (Å²) in [4.78, 5) is 24.2. The van der Waals surface area contributed by atoms with Gasteiger partial charge in [0.15, 0.2) is 6.10 Å². The van der Waals surface area contributed by atoms with Crippen LogP contribution in [0.2, 0.25) is 10.0 Å². The summed E-state index contributed by atoms with van der Waals surface area (Å²) in [5.74, 6) is -1.73. The summed E-state index contributed by atoms with van der Waals surface area (Å²) in [7, 11) is 0. The number of halogens is 5. The Morgan fingerprint density at radius 3 is 2.23 bits per heavy atom. The van der Waals surface area contributed by atoms with E-state index in [9.17, 15) is 22.8 Å². The second-order valence-corrected chi connectivity index (χ2v) is 6.03. The number of amides is 1. The average molecular weight is 406 g/mol. The van der Waals surface area contributed by atoms with Crippen molar-refractivity contribution in [3.05, 3.63) is 63.6 Å². The molecule has 0 saturated carbocycles. The van der Waals surface area contributed by atoms with Crippen LogP contribution in [0.25, 0.3) is 0 Å². The van der Waals surface area contributed by atoms with Crippen LogP contribution in [0.4, 0.5) is 18.9 Å². The molecule has 4 nitrogen and oxygen atoms in total. The van der Waals surface area contributed by atoms with Gasteiger partial charge in [0.25, 0.3) is 5.91 Å². The minimum Gasteiger partial charge on any atom is -0.449 e. The lowest BCUT2D eigenvalue weighted by atomic mass is 10.2. The van der Waals surface area contributed by atoms with Crippen LogP contribution in [0.15, 0.2) is 42.5 Å². The van der Waals surface area contributed by atoms with Gasteiger partial charge >= 0.3 is 12.1 Å². The molecule has 1 amide bonds. The largest absolute Gasteiger partial charge is 0.449 e. The molecule has 0 aliphatic heterocycles. The van der Waals surface area contributed by atoms with E-state index in [0.29, 0.717) is 0 Å². The van der Waals surface area contributed by atoms with E-state index in [2.05, 4.69) is 5.32 Å². The zero-order valence-electron chi connectivity index (χ0n) is 13.2. The maximum absolute atomic E-state index is 12.7. The van der Waals surface area contributed by atoms with Crippen molar-refractivity contribution in [2.24, 2.45) is 0 Å². The van der Waals surface area contributed by atoms with E-state index >= 15 is 0 Å². The van der Waals surface area contributed by atoms with Crippen LogP contribution in [0.3, 0.4) is 0 Å². The first-order chi connectivity index (χ1) is 12.1. The van der Waals surface area contributed by atoms with Crippen molar-refractivity contribution in [3.63, 3.8) is 0 Å². The molecular formula is C17H12Cl2F3NO3. The second kappa shape index (κ2) is 7.97. The molecule has 0 spiro atoms. The van der Waals surface area contributed by atoms with Crippen LogP contribution in [-0.2, 0) is 15.7 Å². The highest BCUT2D eigenvalue weighted by Gasteiger charge is 2.30. The van der Waals surface area contributed by atoms with Crippen LogP contribution in [0.1, 0.15) is 22.8 Å². The van der Waals surface area contributed by atoms with Gasteiger partial charge in [-0.2, -0.15) is 13.2 Å². The number of anilines is 1. The summed E-state index contributed by atoms with van der Waals surface area (Å²) in [5, 5.41) is 2.36. The number of hydrogen-bond donors (Lipinski definition) is 1. The van der Waals surface area contributed by atoms with E-state index in [4.69, 9.17) is 27.9 Å². The Morgan fingerprint density at radius 2 is 1.65 bits per heavy atom. The molecule has 0 aliphatic rings. The summed E-state index contributed by atoms with van der Waals surface area (Å²) in [6.07, 6.45) is -5.83. The fraction of sp³-hybridized carbons (Fsp3) is 0.176. The number of hydrogen-bond acceptors (Lipinski definition) is 3. The van der Waals surface area contributed by atoms with Gasteiger partial charge in [-0.05, 0) is 37.3 Å². The molecule has 138 valence electrons. The van der Waals surface area contributed by atoms with Gasteiger partial charge in [-0.3, -0.25) is 4.79 Å².